The molecular formula is C23H20N4O4. The zero-order chi connectivity index (χ0) is 21.5. The SMILES string of the molecule is COc1cc(-c2cc(C(=O)N/N=C/c3ccco3)[nH]n2)ccc1OCc1ccccc1. The molecule has 0 saturated heterocycles. The number of rotatable bonds is 8. The van der Waals surface area contributed by atoms with Crippen molar-refractivity contribution >= 4 is 12.1 Å². The monoisotopic (exact) mass is 416 g/mol. The van der Waals surface area contributed by atoms with Gasteiger partial charge in [0, 0.05) is 5.56 Å². The lowest BCUT2D eigenvalue weighted by Gasteiger charge is -2.11. The average Bonchev–Trinajstić information content (AvgIpc) is 3.51. The standard InChI is InChI=1S/C23H20N4O4/c1-29-22-12-17(9-10-21(22)31-15-16-6-3-2-4-7-16)19-13-20(26-25-19)23(28)27-24-14-18-8-5-11-30-18/h2-14H,15H2,1H3,(H,25,26)(H,27,28)/b24-14+. The van der Waals surface area contributed by atoms with Gasteiger partial charge < -0.3 is 13.9 Å². The summed E-state index contributed by atoms with van der Waals surface area (Å²) < 4.78 is 16.5. The normalized spacial score (nSPS) is 10.9. The maximum Gasteiger partial charge on any atom is 0.289 e. The van der Waals surface area contributed by atoms with Gasteiger partial charge in [-0.2, -0.15) is 10.2 Å². The van der Waals surface area contributed by atoms with Crippen molar-refractivity contribution in [1.29, 1.82) is 0 Å². The predicted molar refractivity (Wildman–Crippen MR) is 115 cm³/mol. The molecule has 2 aromatic heterocycles. The fourth-order valence-electron chi connectivity index (χ4n) is 2.85. The highest BCUT2D eigenvalue weighted by atomic mass is 16.5. The summed E-state index contributed by atoms with van der Waals surface area (Å²) >= 11 is 0. The van der Waals surface area contributed by atoms with Crippen molar-refractivity contribution in [3.8, 4) is 22.8 Å². The zero-order valence-electron chi connectivity index (χ0n) is 16.7. The Morgan fingerprint density at radius 1 is 1.13 bits per heavy atom. The van der Waals surface area contributed by atoms with E-state index >= 15 is 0 Å². The van der Waals surface area contributed by atoms with Crippen molar-refractivity contribution in [2.45, 2.75) is 6.61 Å². The third-order valence-corrected chi connectivity index (χ3v) is 4.42. The number of H-pyrrole nitrogens is 1. The molecule has 1 amide bonds. The molecule has 0 unspecified atom stereocenters. The van der Waals surface area contributed by atoms with Crippen LogP contribution in [-0.2, 0) is 6.61 Å². The summed E-state index contributed by atoms with van der Waals surface area (Å²) in [5.41, 5.74) is 5.12. The number of hydrogen-bond acceptors (Lipinski definition) is 6. The molecule has 156 valence electrons. The van der Waals surface area contributed by atoms with E-state index in [1.165, 1.54) is 12.5 Å². The molecule has 2 N–H and O–H groups in total. The van der Waals surface area contributed by atoms with Crippen LogP contribution in [0.3, 0.4) is 0 Å². The van der Waals surface area contributed by atoms with Crippen LogP contribution in [0.15, 0.2) is 82.5 Å². The Kier molecular flexibility index (Phi) is 6.08. The molecule has 0 fully saturated rings. The van der Waals surface area contributed by atoms with Crippen LogP contribution >= 0.6 is 0 Å². The van der Waals surface area contributed by atoms with Gasteiger partial charge in [0.1, 0.15) is 18.1 Å². The third-order valence-electron chi connectivity index (χ3n) is 4.42. The van der Waals surface area contributed by atoms with Crippen molar-refractivity contribution < 1.29 is 18.7 Å². The zero-order valence-corrected chi connectivity index (χ0v) is 16.7. The summed E-state index contributed by atoms with van der Waals surface area (Å²) in [6.07, 6.45) is 2.94. The minimum atomic E-state index is -0.420. The van der Waals surface area contributed by atoms with E-state index in [4.69, 9.17) is 13.9 Å². The molecule has 8 heteroatoms. The topological polar surface area (TPSA) is 102 Å². The fraction of sp³-hybridized carbons (Fsp3) is 0.0870. The second-order valence-corrected chi connectivity index (χ2v) is 6.52. The molecule has 31 heavy (non-hydrogen) atoms. The number of carbonyl (C=O) groups excluding carboxylic acids is 1. The lowest BCUT2D eigenvalue weighted by atomic mass is 10.1. The second-order valence-electron chi connectivity index (χ2n) is 6.52. The van der Waals surface area contributed by atoms with Gasteiger partial charge in [-0.25, -0.2) is 5.43 Å². The first-order valence-electron chi connectivity index (χ1n) is 9.50. The van der Waals surface area contributed by atoms with E-state index in [1.54, 1.807) is 25.3 Å². The number of furan rings is 1. The summed E-state index contributed by atoms with van der Waals surface area (Å²) in [5.74, 6) is 1.31. The summed E-state index contributed by atoms with van der Waals surface area (Å²) in [6, 6.07) is 20.5. The molecule has 2 heterocycles. The molecule has 4 rings (SSSR count). The number of amides is 1. The number of benzene rings is 2. The van der Waals surface area contributed by atoms with E-state index < -0.39 is 5.91 Å². The minimum Gasteiger partial charge on any atom is -0.493 e. The van der Waals surface area contributed by atoms with E-state index in [9.17, 15) is 4.79 Å². The first kappa shape index (κ1) is 20.0. The summed E-state index contributed by atoms with van der Waals surface area (Å²) in [4.78, 5) is 12.2. The Balaban J connectivity index is 1.43. The van der Waals surface area contributed by atoms with Crippen LogP contribution in [0.5, 0.6) is 11.5 Å². The van der Waals surface area contributed by atoms with Crippen molar-refractivity contribution in [2.75, 3.05) is 7.11 Å². The lowest BCUT2D eigenvalue weighted by molar-refractivity contribution is 0.0950. The fourth-order valence-corrected chi connectivity index (χ4v) is 2.85. The van der Waals surface area contributed by atoms with Crippen molar-refractivity contribution in [3.05, 3.63) is 90.0 Å². The number of aromatic amines is 1. The van der Waals surface area contributed by atoms with Gasteiger partial charge in [-0.15, -0.1) is 0 Å². The Morgan fingerprint density at radius 3 is 2.77 bits per heavy atom. The van der Waals surface area contributed by atoms with E-state index in [1.807, 2.05) is 48.5 Å². The van der Waals surface area contributed by atoms with Crippen LogP contribution in [0.2, 0.25) is 0 Å². The van der Waals surface area contributed by atoms with Crippen LogP contribution in [0, 0.1) is 0 Å². The molecule has 0 radical (unpaired) electrons. The van der Waals surface area contributed by atoms with E-state index in [2.05, 4.69) is 20.7 Å². The van der Waals surface area contributed by atoms with Gasteiger partial charge in [-0.05, 0) is 42.0 Å². The molecule has 0 spiro atoms. The number of ether oxygens (including phenoxy) is 2. The number of nitrogens with zero attached hydrogens (tertiary/aromatic N) is 2. The first-order chi connectivity index (χ1) is 15.2. The molecule has 2 aromatic carbocycles. The minimum absolute atomic E-state index is 0.273. The molecule has 0 bridgehead atoms. The van der Waals surface area contributed by atoms with Gasteiger partial charge in [-0.3, -0.25) is 9.89 Å². The quantitative estimate of drug-likeness (QED) is 0.334. The Bertz CT molecular complexity index is 1170. The lowest BCUT2D eigenvalue weighted by Crippen LogP contribution is -2.17. The Labute approximate surface area is 178 Å². The number of aromatic nitrogens is 2. The number of methoxy groups -OCH3 is 1. The third kappa shape index (κ3) is 4.99. The number of hydrazone groups is 1. The van der Waals surface area contributed by atoms with E-state index in [0.29, 0.717) is 29.6 Å². The van der Waals surface area contributed by atoms with Crippen LogP contribution in [0.1, 0.15) is 21.8 Å². The predicted octanol–water partition coefficient (Wildman–Crippen LogP) is 4.02. The number of nitrogens with one attached hydrogen (secondary N) is 2. The van der Waals surface area contributed by atoms with Gasteiger partial charge in [0.2, 0.25) is 0 Å². The summed E-state index contributed by atoms with van der Waals surface area (Å²) in [7, 11) is 1.58. The largest absolute Gasteiger partial charge is 0.493 e. The molecule has 8 nitrogen and oxygen atoms in total. The van der Waals surface area contributed by atoms with Crippen LogP contribution < -0.4 is 14.9 Å². The highest BCUT2D eigenvalue weighted by molar-refractivity contribution is 5.94. The van der Waals surface area contributed by atoms with Crippen LogP contribution in [-0.4, -0.2) is 29.4 Å². The highest BCUT2D eigenvalue weighted by Crippen LogP contribution is 2.32. The Morgan fingerprint density at radius 2 is 2.00 bits per heavy atom. The summed E-state index contributed by atoms with van der Waals surface area (Å²) in [5, 5.41) is 10.8. The molecular weight excluding hydrogens is 396 g/mol. The molecule has 0 aliphatic rings. The van der Waals surface area contributed by atoms with Crippen molar-refractivity contribution in [2.24, 2.45) is 5.10 Å². The molecule has 0 aliphatic carbocycles. The maximum absolute atomic E-state index is 12.2. The number of hydrogen-bond donors (Lipinski definition) is 2. The highest BCUT2D eigenvalue weighted by Gasteiger charge is 2.13. The first-order valence-corrected chi connectivity index (χ1v) is 9.50. The maximum atomic E-state index is 12.2. The molecule has 0 saturated carbocycles. The van der Waals surface area contributed by atoms with Gasteiger partial charge >= 0.3 is 0 Å². The van der Waals surface area contributed by atoms with E-state index in [-0.39, 0.29) is 5.69 Å². The molecule has 0 atom stereocenters. The van der Waals surface area contributed by atoms with Gasteiger partial charge in [0.15, 0.2) is 11.5 Å². The summed E-state index contributed by atoms with van der Waals surface area (Å²) in [6.45, 7) is 0.432. The van der Waals surface area contributed by atoms with Gasteiger partial charge in [0.05, 0.1) is 25.3 Å². The van der Waals surface area contributed by atoms with Crippen LogP contribution in [0.4, 0.5) is 0 Å². The second kappa shape index (κ2) is 9.45. The van der Waals surface area contributed by atoms with E-state index in [0.717, 1.165) is 11.1 Å². The van der Waals surface area contributed by atoms with Crippen molar-refractivity contribution in [1.82, 2.24) is 15.6 Å². The van der Waals surface area contributed by atoms with Gasteiger partial charge in [0.25, 0.3) is 5.91 Å². The van der Waals surface area contributed by atoms with Crippen LogP contribution in [0.25, 0.3) is 11.3 Å². The average molecular weight is 416 g/mol. The number of carbonyl (C=O) groups is 1. The molecule has 4 aromatic rings. The van der Waals surface area contributed by atoms with Gasteiger partial charge in [-0.1, -0.05) is 30.3 Å². The van der Waals surface area contributed by atoms with Crippen molar-refractivity contribution in [3.63, 3.8) is 0 Å². The Hall–Kier alpha value is -4.33. The molecule has 0 aliphatic heterocycles. The smallest absolute Gasteiger partial charge is 0.289 e.